The average Bonchev–Trinajstić information content (AvgIpc) is 1.69. The van der Waals surface area contributed by atoms with Crippen molar-refractivity contribution in [3.63, 3.8) is 0 Å². The van der Waals surface area contributed by atoms with E-state index in [1.165, 1.54) is 32.1 Å². The Hall–Kier alpha value is 1.19. The molecular weight excluding hydrogens is 85.9 g/mol. The van der Waals surface area contributed by atoms with Crippen LogP contribution < -0.4 is 0 Å². The van der Waals surface area contributed by atoms with Crippen molar-refractivity contribution in [1.82, 2.24) is 0 Å². The summed E-state index contributed by atoms with van der Waals surface area (Å²) in [5, 5.41) is 0. The van der Waals surface area contributed by atoms with Gasteiger partial charge in [-0.2, -0.15) is 0 Å². The van der Waals surface area contributed by atoms with Crippen molar-refractivity contribution in [2.45, 2.75) is 36.7 Å². The van der Waals surface area contributed by atoms with Gasteiger partial charge in [0.25, 0.3) is 0 Å². The van der Waals surface area contributed by atoms with E-state index in [0.29, 0.717) is 0 Å². The van der Waals surface area contributed by atoms with Crippen LogP contribution in [0.25, 0.3) is 0 Å². The molecule has 0 unspecified atom stereocenters. The van der Waals surface area contributed by atoms with Crippen LogP contribution in [0.2, 0.25) is 4.59 Å². The normalized spacial score (nSPS) is 22.2. The van der Waals surface area contributed by atoms with Crippen molar-refractivity contribution in [1.29, 1.82) is 0 Å². The van der Waals surface area contributed by atoms with Crippen LogP contribution in [-0.4, -0.2) is 36.6 Å². The monoisotopic (exact) mass is 98.1 g/mol. The van der Waals surface area contributed by atoms with E-state index >= 15 is 0 Å². The standard InChI is InChI=1S/C6H11.2Li.H/c1-2-4-6-5-3-1;;;/h1H,2-6H2;;;. The fraction of sp³-hybridized carbons (Fsp3) is 1.00. The minimum absolute atomic E-state index is 0. The van der Waals surface area contributed by atoms with E-state index in [2.05, 4.69) is 17.7 Å². The second-order valence-electron chi connectivity index (χ2n) is 2.74. The Morgan fingerprint density at radius 3 is 1.75 bits per heavy atom. The molecule has 0 aromatic heterocycles. The molecule has 0 N–H and O–H groups in total. The number of hydrogen-bond acceptors (Lipinski definition) is 0. The molecule has 0 heterocycles. The zero-order chi connectivity index (χ0) is 5.11. The van der Waals surface area contributed by atoms with E-state index in [0.717, 1.165) is 4.59 Å². The zero-order valence-electron chi connectivity index (χ0n) is 5.11. The van der Waals surface area contributed by atoms with E-state index in [-0.39, 0.29) is 18.9 Å². The molecule has 0 atom stereocenters. The first kappa shape index (κ1) is 9.19. The topological polar surface area (TPSA) is 0 Å². The van der Waals surface area contributed by atoms with Gasteiger partial charge in [-0.25, -0.2) is 0 Å². The molecule has 1 fully saturated rings. The van der Waals surface area contributed by atoms with Gasteiger partial charge < -0.3 is 0 Å². The SMILES string of the molecule is [LiH].[Li][CH]1CCCCC1. The van der Waals surface area contributed by atoms with Gasteiger partial charge in [0.05, 0.1) is 0 Å². The molecule has 0 nitrogen and oxygen atoms in total. The van der Waals surface area contributed by atoms with Gasteiger partial charge in [-0.3, -0.25) is 0 Å². The molecule has 0 bridgehead atoms. The Bertz CT molecular complexity index is 48.5. The Morgan fingerprint density at radius 1 is 1.00 bits per heavy atom. The molecule has 2 heteroatoms. The molecule has 0 aromatic carbocycles. The van der Waals surface area contributed by atoms with Crippen LogP contribution in [0.5, 0.6) is 0 Å². The maximum atomic E-state index is 2.36. The van der Waals surface area contributed by atoms with Crippen LogP contribution in [0.1, 0.15) is 32.1 Å². The first-order chi connectivity index (χ1) is 3.39. The molecule has 1 saturated carbocycles. The Balaban J connectivity index is 0.000000490. The summed E-state index contributed by atoms with van der Waals surface area (Å²) in [6, 6.07) is 0. The number of hydrogen-bond donors (Lipinski definition) is 0. The average molecular weight is 98.0 g/mol. The van der Waals surface area contributed by atoms with Crippen molar-refractivity contribution in [3.05, 3.63) is 0 Å². The zero-order valence-corrected chi connectivity index (χ0v) is 5.11. The Kier molecular flexibility index (Phi) is 5.77. The van der Waals surface area contributed by atoms with Crippen molar-refractivity contribution in [3.8, 4) is 0 Å². The molecule has 1 aliphatic carbocycles. The van der Waals surface area contributed by atoms with Crippen molar-refractivity contribution in [2.75, 3.05) is 0 Å². The van der Waals surface area contributed by atoms with Gasteiger partial charge in [0.1, 0.15) is 0 Å². The molecule has 0 radical (unpaired) electrons. The predicted molar refractivity (Wildman–Crippen MR) is 39.7 cm³/mol. The minimum atomic E-state index is 0. The molecular formula is C6H12Li2. The summed E-state index contributed by atoms with van der Waals surface area (Å²) >= 11 is 2.36. The molecule has 1 aliphatic rings. The fourth-order valence-corrected chi connectivity index (χ4v) is 1.31. The van der Waals surface area contributed by atoms with E-state index in [1.807, 2.05) is 0 Å². The van der Waals surface area contributed by atoms with Crippen LogP contribution in [0.15, 0.2) is 0 Å². The quantitative estimate of drug-likeness (QED) is 0.400. The number of rotatable bonds is 0. The van der Waals surface area contributed by atoms with Crippen LogP contribution in [0, 0.1) is 0 Å². The third kappa shape index (κ3) is 3.27. The van der Waals surface area contributed by atoms with E-state index in [4.69, 9.17) is 0 Å². The van der Waals surface area contributed by atoms with Gasteiger partial charge >= 0.3 is 73.3 Å². The molecule has 0 saturated heterocycles. The van der Waals surface area contributed by atoms with Crippen molar-refractivity contribution >= 4 is 36.6 Å². The molecule has 1 rings (SSSR count). The van der Waals surface area contributed by atoms with Gasteiger partial charge in [0, 0.05) is 0 Å². The summed E-state index contributed by atoms with van der Waals surface area (Å²) in [7, 11) is 0. The summed E-state index contributed by atoms with van der Waals surface area (Å²) in [5.41, 5.74) is 0. The van der Waals surface area contributed by atoms with E-state index < -0.39 is 0 Å². The van der Waals surface area contributed by atoms with Gasteiger partial charge in [-0.1, -0.05) is 0 Å². The molecule has 38 valence electrons. The summed E-state index contributed by atoms with van der Waals surface area (Å²) in [4.78, 5) is 0. The van der Waals surface area contributed by atoms with Gasteiger partial charge in [-0.05, 0) is 0 Å². The van der Waals surface area contributed by atoms with Crippen LogP contribution in [0.3, 0.4) is 0 Å². The molecule has 8 heavy (non-hydrogen) atoms. The third-order valence-electron chi connectivity index (χ3n) is 1.89. The van der Waals surface area contributed by atoms with Gasteiger partial charge in [-0.15, -0.1) is 0 Å². The summed E-state index contributed by atoms with van der Waals surface area (Å²) in [5.74, 6) is 0. The van der Waals surface area contributed by atoms with Crippen molar-refractivity contribution in [2.24, 2.45) is 0 Å². The Morgan fingerprint density at radius 2 is 1.50 bits per heavy atom. The fourth-order valence-electron chi connectivity index (χ4n) is 1.31. The van der Waals surface area contributed by atoms with Crippen molar-refractivity contribution < 1.29 is 0 Å². The van der Waals surface area contributed by atoms with Gasteiger partial charge in [0.2, 0.25) is 0 Å². The van der Waals surface area contributed by atoms with Crippen LogP contribution in [-0.2, 0) is 0 Å². The van der Waals surface area contributed by atoms with Gasteiger partial charge in [0.15, 0.2) is 0 Å². The second-order valence-corrected chi connectivity index (χ2v) is 2.74. The molecule has 0 aromatic rings. The first-order valence-electron chi connectivity index (χ1n) is 3.39. The van der Waals surface area contributed by atoms with E-state index in [9.17, 15) is 0 Å². The summed E-state index contributed by atoms with van der Waals surface area (Å²) in [6.45, 7) is 0. The Labute approximate surface area is 73.2 Å². The third-order valence-corrected chi connectivity index (χ3v) is 1.89. The summed E-state index contributed by atoms with van der Waals surface area (Å²) < 4.78 is 1.04. The second kappa shape index (κ2) is 5.02. The maximum absolute atomic E-state index is 2.36. The molecule has 0 aliphatic heterocycles. The first-order valence-corrected chi connectivity index (χ1v) is 3.39. The predicted octanol–water partition coefficient (Wildman–Crippen LogP) is 1.26. The van der Waals surface area contributed by atoms with E-state index in [1.54, 1.807) is 0 Å². The molecule has 0 amide bonds. The molecule has 0 spiro atoms. The van der Waals surface area contributed by atoms with Crippen LogP contribution in [0.4, 0.5) is 0 Å². The van der Waals surface area contributed by atoms with Crippen LogP contribution >= 0.6 is 0 Å². The summed E-state index contributed by atoms with van der Waals surface area (Å²) in [6.07, 6.45) is 7.44.